The third-order valence-electron chi connectivity index (χ3n) is 10.9. The molecule has 214 valence electrons. The van der Waals surface area contributed by atoms with Crippen molar-refractivity contribution in [1.29, 1.82) is 0 Å². The van der Waals surface area contributed by atoms with E-state index in [9.17, 15) is 0 Å². The summed E-state index contributed by atoms with van der Waals surface area (Å²) in [6.45, 7) is 7.02. The molecule has 0 aliphatic heterocycles. The molecule has 5 aliphatic carbocycles. The monoisotopic (exact) mass is 566 g/mol. The second-order valence-corrected chi connectivity index (χ2v) is 14.4. The van der Waals surface area contributed by atoms with Gasteiger partial charge in [0.05, 0.1) is 0 Å². The standard InChI is InChI=1S/C44H38/c1-44(2,3)33-25-31-19-17-28-20-22-39(38-23-21-32(26-33)40(31)42(28)38)43-36-14-8-6-12-34(36)41(35-13-7-9-15-37(35)43)30-18-16-27-10-4-5-11-29(27)24-30/h4,6-10,12-26,31,38,40,42H,5,11H2,1-3H3. The molecule has 0 radical (unpaired) electrons. The van der Waals surface area contributed by atoms with Crippen molar-refractivity contribution >= 4 is 33.2 Å². The Labute approximate surface area is 261 Å². The molecular formula is C44H38. The first kappa shape index (κ1) is 26.0. The lowest BCUT2D eigenvalue weighted by Gasteiger charge is -2.47. The Balaban J connectivity index is 1.27. The van der Waals surface area contributed by atoms with Gasteiger partial charge in [-0.15, -0.1) is 0 Å². The lowest BCUT2D eigenvalue weighted by molar-refractivity contribution is 0.323. The highest BCUT2D eigenvalue weighted by molar-refractivity contribution is 6.19. The number of fused-ring (bicyclic) bond motifs is 3. The summed E-state index contributed by atoms with van der Waals surface area (Å²) in [6, 6.07) is 25.4. The minimum absolute atomic E-state index is 0.151. The third kappa shape index (κ3) is 3.83. The molecule has 4 unspecified atom stereocenters. The maximum Gasteiger partial charge on any atom is 0.0102 e. The van der Waals surface area contributed by atoms with Crippen LogP contribution in [0.15, 0.2) is 138 Å². The van der Waals surface area contributed by atoms with Gasteiger partial charge in [0.1, 0.15) is 0 Å². The SMILES string of the molecule is CC(C)(C)C1=CC2C=CC3=CC=C(c4c5ccccc5c(-c5ccc6c(c5)CCC=C6)c5ccccc45)C4C=CC(=C1)C2C34. The summed E-state index contributed by atoms with van der Waals surface area (Å²) in [5, 5.41) is 5.41. The molecule has 0 bridgehead atoms. The van der Waals surface area contributed by atoms with E-state index in [1.807, 2.05) is 0 Å². The summed E-state index contributed by atoms with van der Waals surface area (Å²) < 4.78 is 0. The van der Waals surface area contributed by atoms with Gasteiger partial charge < -0.3 is 0 Å². The van der Waals surface area contributed by atoms with Crippen molar-refractivity contribution in [2.24, 2.45) is 29.1 Å². The zero-order valence-corrected chi connectivity index (χ0v) is 25.8. The minimum Gasteiger partial charge on any atom is -0.0836 e. The Kier molecular flexibility index (Phi) is 5.64. The smallest absolute Gasteiger partial charge is 0.0102 e. The maximum absolute atomic E-state index is 2.56. The van der Waals surface area contributed by atoms with Crippen molar-refractivity contribution in [2.45, 2.75) is 33.6 Å². The molecule has 0 nitrogen and oxygen atoms in total. The molecule has 4 atom stereocenters. The van der Waals surface area contributed by atoms with Crippen molar-refractivity contribution in [1.82, 2.24) is 0 Å². The molecule has 0 N–H and O–H groups in total. The van der Waals surface area contributed by atoms with Gasteiger partial charge in [0.2, 0.25) is 0 Å². The van der Waals surface area contributed by atoms with Crippen LogP contribution in [0.2, 0.25) is 0 Å². The van der Waals surface area contributed by atoms with Gasteiger partial charge in [0.25, 0.3) is 0 Å². The highest BCUT2D eigenvalue weighted by Gasteiger charge is 2.45. The van der Waals surface area contributed by atoms with E-state index in [1.54, 1.807) is 0 Å². The summed E-state index contributed by atoms with van der Waals surface area (Å²) in [5.74, 6) is 1.76. The van der Waals surface area contributed by atoms with Crippen LogP contribution in [0.25, 0.3) is 44.3 Å². The number of benzene rings is 4. The molecule has 0 saturated carbocycles. The molecule has 0 amide bonds. The Hall–Kier alpha value is -4.42. The molecule has 9 rings (SSSR count). The van der Waals surface area contributed by atoms with Gasteiger partial charge in [-0.1, -0.05) is 148 Å². The Bertz CT molecular complexity index is 2050. The number of hydrogen-bond donors (Lipinski definition) is 0. The lowest BCUT2D eigenvalue weighted by atomic mass is 9.56. The van der Waals surface area contributed by atoms with Gasteiger partial charge in [-0.3, -0.25) is 0 Å². The molecule has 0 heterocycles. The van der Waals surface area contributed by atoms with E-state index >= 15 is 0 Å². The quantitative estimate of drug-likeness (QED) is 0.212. The van der Waals surface area contributed by atoms with Crippen molar-refractivity contribution in [3.8, 4) is 11.1 Å². The van der Waals surface area contributed by atoms with Crippen LogP contribution in [0.4, 0.5) is 0 Å². The molecule has 4 aromatic rings. The second kappa shape index (κ2) is 9.54. The summed E-state index contributed by atoms with van der Waals surface area (Å²) in [6.07, 6.45) is 26.6. The Morgan fingerprint density at radius 3 is 2.11 bits per heavy atom. The summed E-state index contributed by atoms with van der Waals surface area (Å²) >= 11 is 0. The van der Waals surface area contributed by atoms with E-state index < -0.39 is 0 Å². The zero-order valence-electron chi connectivity index (χ0n) is 25.8. The first-order chi connectivity index (χ1) is 21.5. The van der Waals surface area contributed by atoms with E-state index in [0.29, 0.717) is 23.7 Å². The second-order valence-electron chi connectivity index (χ2n) is 14.4. The number of aryl methyl sites for hydroxylation is 1. The lowest BCUT2D eigenvalue weighted by Crippen LogP contribution is -2.38. The largest absolute Gasteiger partial charge is 0.0836 e. The van der Waals surface area contributed by atoms with Crippen LogP contribution in [0.3, 0.4) is 0 Å². The van der Waals surface area contributed by atoms with Gasteiger partial charge in [-0.2, -0.15) is 0 Å². The summed E-state index contributed by atoms with van der Waals surface area (Å²) in [7, 11) is 0. The normalized spacial score (nSPS) is 24.8. The van der Waals surface area contributed by atoms with Crippen LogP contribution in [-0.4, -0.2) is 0 Å². The van der Waals surface area contributed by atoms with E-state index in [4.69, 9.17) is 0 Å². The predicted molar refractivity (Wildman–Crippen MR) is 188 cm³/mol. The van der Waals surface area contributed by atoms with Crippen molar-refractivity contribution < 1.29 is 0 Å². The predicted octanol–water partition coefficient (Wildman–Crippen LogP) is 11.5. The van der Waals surface area contributed by atoms with Gasteiger partial charge in [0, 0.05) is 23.7 Å². The molecule has 0 aromatic heterocycles. The molecule has 0 spiro atoms. The fraction of sp³-hybridized carbons (Fsp3) is 0.227. The zero-order chi connectivity index (χ0) is 29.6. The fourth-order valence-electron chi connectivity index (χ4n) is 8.76. The molecule has 0 heteroatoms. The molecule has 5 aliphatic rings. The van der Waals surface area contributed by atoms with Crippen molar-refractivity contribution in [3.05, 3.63) is 155 Å². The minimum atomic E-state index is 0.151. The summed E-state index contributed by atoms with van der Waals surface area (Å²) in [5.41, 5.74) is 13.0. The van der Waals surface area contributed by atoms with E-state index in [-0.39, 0.29) is 5.41 Å². The molecule has 44 heavy (non-hydrogen) atoms. The van der Waals surface area contributed by atoms with Gasteiger partial charge in [-0.25, -0.2) is 0 Å². The van der Waals surface area contributed by atoms with E-state index in [2.05, 4.69) is 148 Å². The molecule has 4 aromatic carbocycles. The number of rotatable bonds is 2. The highest BCUT2D eigenvalue weighted by atomic mass is 14.5. The average molecular weight is 567 g/mol. The van der Waals surface area contributed by atoms with Crippen molar-refractivity contribution in [2.75, 3.05) is 0 Å². The van der Waals surface area contributed by atoms with Gasteiger partial charge in [0.15, 0.2) is 0 Å². The first-order valence-electron chi connectivity index (χ1n) is 16.4. The maximum atomic E-state index is 2.56. The molecule has 0 fully saturated rings. The van der Waals surface area contributed by atoms with Crippen LogP contribution in [0, 0.1) is 29.1 Å². The van der Waals surface area contributed by atoms with Gasteiger partial charge in [-0.05, 0) is 89.9 Å². The van der Waals surface area contributed by atoms with Crippen LogP contribution in [0.5, 0.6) is 0 Å². The first-order valence-corrected chi connectivity index (χ1v) is 16.4. The summed E-state index contributed by atoms with van der Waals surface area (Å²) in [4.78, 5) is 0. The van der Waals surface area contributed by atoms with Gasteiger partial charge >= 0.3 is 0 Å². The highest BCUT2D eigenvalue weighted by Crippen LogP contribution is 2.56. The average Bonchev–Trinajstić information content (AvgIpc) is 3.05. The van der Waals surface area contributed by atoms with Crippen molar-refractivity contribution in [3.63, 3.8) is 0 Å². The Morgan fingerprint density at radius 1 is 0.682 bits per heavy atom. The number of allylic oxidation sites excluding steroid dienone is 13. The molecule has 0 saturated heterocycles. The van der Waals surface area contributed by atoms with Crippen LogP contribution in [0.1, 0.15) is 43.9 Å². The van der Waals surface area contributed by atoms with Crippen LogP contribution < -0.4 is 0 Å². The molecular weight excluding hydrogens is 528 g/mol. The topological polar surface area (TPSA) is 0 Å². The van der Waals surface area contributed by atoms with Crippen LogP contribution >= 0.6 is 0 Å². The Morgan fingerprint density at radius 2 is 1.39 bits per heavy atom. The third-order valence-corrected chi connectivity index (χ3v) is 10.9. The van der Waals surface area contributed by atoms with Crippen LogP contribution in [-0.2, 0) is 6.42 Å². The van der Waals surface area contributed by atoms with E-state index in [1.165, 1.54) is 71.7 Å². The number of hydrogen-bond acceptors (Lipinski definition) is 0. The van der Waals surface area contributed by atoms with E-state index in [0.717, 1.165) is 12.8 Å². The fourth-order valence-corrected chi connectivity index (χ4v) is 8.76.